The molecular weight excluding hydrogens is 234 g/mol. The van der Waals surface area contributed by atoms with Crippen LogP contribution in [-0.4, -0.2) is 6.54 Å². The molecule has 0 spiro atoms. The van der Waals surface area contributed by atoms with Crippen LogP contribution in [0, 0.1) is 5.92 Å². The van der Waals surface area contributed by atoms with Gasteiger partial charge >= 0.3 is 0 Å². The molecule has 0 bridgehead atoms. The fourth-order valence-corrected chi connectivity index (χ4v) is 2.30. The zero-order chi connectivity index (χ0) is 13.7. The molecule has 1 N–H and O–H groups in total. The van der Waals surface area contributed by atoms with Gasteiger partial charge in [0.05, 0.1) is 6.26 Å². The highest BCUT2D eigenvalue weighted by molar-refractivity contribution is 5.81. The standard InChI is InChI=1S/C17H25NO/c1-4-5-6-14-7-8-17-16(9-14)15(12-19-17)11-18-10-13(2)3/h7-9,12-13,18H,4-6,10-11H2,1-3H3. The van der Waals surface area contributed by atoms with Crippen molar-refractivity contribution >= 4 is 11.0 Å². The Kier molecular flexibility index (Phi) is 5.03. The van der Waals surface area contributed by atoms with Gasteiger partial charge in [-0.05, 0) is 43.0 Å². The quantitative estimate of drug-likeness (QED) is 0.790. The molecule has 0 unspecified atom stereocenters. The first-order chi connectivity index (χ1) is 9.20. The van der Waals surface area contributed by atoms with Crippen LogP contribution in [0.25, 0.3) is 11.0 Å². The number of fused-ring (bicyclic) bond motifs is 1. The highest BCUT2D eigenvalue weighted by Gasteiger charge is 2.06. The summed E-state index contributed by atoms with van der Waals surface area (Å²) in [4.78, 5) is 0. The normalized spacial score (nSPS) is 11.6. The van der Waals surface area contributed by atoms with Crippen molar-refractivity contribution in [1.82, 2.24) is 5.32 Å². The van der Waals surface area contributed by atoms with Gasteiger partial charge in [-0.1, -0.05) is 33.3 Å². The van der Waals surface area contributed by atoms with Gasteiger partial charge in [0.15, 0.2) is 0 Å². The molecule has 1 heterocycles. The van der Waals surface area contributed by atoms with Crippen LogP contribution in [0.5, 0.6) is 0 Å². The van der Waals surface area contributed by atoms with Crippen LogP contribution in [0.2, 0.25) is 0 Å². The van der Waals surface area contributed by atoms with Crippen molar-refractivity contribution in [2.24, 2.45) is 5.92 Å². The van der Waals surface area contributed by atoms with Crippen LogP contribution in [0.1, 0.15) is 44.7 Å². The summed E-state index contributed by atoms with van der Waals surface area (Å²) < 4.78 is 5.63. The second-order valence-corrected chi connectivity index (χ2v) is 5.72. The van der Waals surface area contributed by atoms with Crippen molar-refractivity contribution in [1.29, 1.82) is 0 Å². The first-order valence-corrected chi connectivity index (χ1v) is 7.40. The minimum Gasteiger partial charge on any atom is -0.464 e. The van der Waals surface area contributed by atoms with Crippen LogP contribution in [-0.2, 0) is 13.0 Å². The zero-order valence-corrected chi connectivity index (χ0v) is 12.3. The van der Waals surface area contributed by atoms with Crippen LogP contribution >= 0.6 is 0 Å². The average molecular weight is 259 g/mol. The maximum absolute atomic E-state index is 5.63. The lowest BCUT2D eigenvalue weighted by Gasteiger charge is -2.06. The number of hydrogen-bond acceptors (Lipinski definition) is 2. The van der Waals surface area contributed by atoms with Gasteiger partial charge in [-0.15, -0.1) is 0 Å². The fourth-order valence-electron chi connectivity index (χ4n) is 2.30. The van der Waals surface area contributed by atoms with E-state index in [2.05, 4.69) is 44.3 Å². The van der Waals surface area contributed by atoms with Crippen molar-refractivity contribution in [2.45, 2.75) is 46.6 Å². The SMILES string of the molecule is CCCCc1ccc2occ(CNCC(C)C)c2c1. The monoisotopic (exact) mass is 259 g/mol. The Morgan fingerprint density at radius 3 is 2.84 bits per heavy atom. The maximum atomic E-state index is 5.63. The van der Waals surface area contributed by atoms with Gasteiger partial charge in [0.25, 0.3) is 0 Å². The Morgan fingerprint density at radius 1 is 1.26 bits per heavy atom. The first kappa shape index (κ1) is 14.1. The van der Waals surface area contributed by atoms with Crippen LogP contribution in [0.4, 0.5) is 0 Å². The third-order valence-corrected chi connectivity index (χ3v) is 3.41. The lowest BCUT2D eigenvalue weighted by Crippen LogP contribution is -2.18. The lowest BCUT2D eigenvalue weighted by molar-refractivity contribution is 0.547. The van der Waals surface area contributed by atoms with E-state index in [1.54, 1.807) is 0 Å². The third kappa shape index (κ3) is 3.84. The van der Waals surface area contributed by atoms with E-state index in [1.807, 2.05) is 6.26 Å². The van der Waals surface area contributed by atoms with Crippen molar-refractivity contribution in [3.63, 3.8) is 0 Å². The summed E-state index contributed by atoms with van der Waals surface area (Å²) in [6.07, 6.45) is 5.55. The second kappa shape index (κ2) is 6.76. The Balaban J connectivity index is 2.10. The number of benzene rings is 1. The van der Waals surface area contributed by atoms with Gasteiger partial charge in [0.1, 0.15) is 5.58 Å². The Morgan fingerprint density at radius 2 is 2.11 bits per heavy atom. The minimum atomic E-state index is 0.679. The van der Waals surface area contributed by atoms with Gasteiger partial charge < -0.3 is 9.73 Å². The molecule has 1 aromatic carbocycles. The number of nitrogens with one attached hydrogen (secondary N) is 1. The number of unbranched alkanes of at least 4 members (excludes halogenated alkanes) is 1. The predicted octanol–water partition coefficient (Wildman–Crippen LogP) is 4.52. The Hall–Kier alpha value is -1.28. The van der Waals surface area contributed by atoms with Crippen LogP contribution in [0.3, 0.4) is 0 Å². The molecule has 0 fully saturated rings. The van der Waals surface area contributed by atoms with E-state index in [0.29, 0.717) is 5.92 Å². The van der Waals surface area contributed by atoms with Gasteiger partial charge in [-0.2, -0.15) is 0 Å². The van der Waals surface area contributed by atoms with Crippen molar-refractivity contribution in [3.05, 3.63) is 35.6 Å². The number of furan rings is 1. The summed E-state index contributed by atoms with van der Waals surface area (Å²) in [5.41, 5.74) is 3.69. The van der Waals surface area contributed by atoms with Crippen LogP contribution < -0.4 is 5.32 Å². The van der Waals surface area contributed by atoms with E-state index in [0.717, 1.165) is 25.1 Å². The number of hydrogen-bond donors (Lipinski definition) is 1. The summed E-state index contributed by atoms with van der Waals surface area (Å²) in [6.45, 7) is 8.62. The largest absolute Gasteiger partial charge is 0.464 e. The summed E-state index contributed by atoms with van der Waals surface area (Å²) in [5, 5.41) is 4.75. The topological polar surface area (TPSA) is 25.2 Å². The minimum absolute atomic E-state index is 0.679. The van der Waals surface area contributed by atoms with E-state index in [-0.39, 0.29) is 0 Å². The highest BCUT2D eigenvalue weighted by Crippen LogP contribution is 2.23. The van der Waals surface area contributed by atoms with Crippen molar-refractivity contribution in [2.75, 3.05) is 6.54 Å². The maximum Gasteiger partial charge on any atom is 0.134 e. The van der Waals surface area contributed by atoms with E-state index >= 15 is 0 Å². The molecule has 0 atom stereocenters. The highest BCUT2D eigenvalue weighted by atomic mass is 16.3. The summed E-state index contributed by atoms with van der Waals surface area (Å²) in [5.74, 6) is 0.679. The Bertz CT molecular complexity index is 513. The molecule has 0 radical (unpaired) electrons. The van der Waals surface area contributed by atoms with Gasteiger partial charge in [-0.25, -0.2) is 0 Å². The number of rotatable bonds is 7. The second-order valence-electron chi connectivity index (χ2n) is 5.72. The molecule has 0 aliphatic rings. The third-order valence-electron chi connectivity index (χ3n) is 3.41. The predicted molar refractivity (Wildman–Crippen MR) is 81.4 cm³/mol. The molecule has 19 heavy (non-hydrogen) atoms. The van der Waals surface area contributed by atoms with Crippen molar-refractivity contribution < 1.29 is 4.42 Å². The van der Waals surface area contributed by atoms with Crippen LogP contribution in [0.15, 0.2) is 28.9 Å². The lowest BCUT2D eigenvalue weighted by atomic mass is 10.0. The summed E-state index contributed by atoms with van der Waals surface area (Å²) >= 11 is 0. The Labute approximate surface area is 116 Å². The molecule has 2 rings (SSSR count). The molecule has 104 valence electrons. The molecule has 0 aliphatic carbocycles. The van der Waals surface area contributed by atoms with E-state index in [1.165, 1.54) is 29.4 Å². The summed E-state index contributed by atoms with van der Waals surface area (Å²) in [7, 11) is 0. The average Bonchev–Trinajstić information content (AvgIpc) is 2.79. The molecule has 2 heteroatoms. The van der Waals surface area contributed by atoms with E-state index in [4.69, 9.17) is 4.42 Å². The molecule has 2 nitrogen and oxygen atoms in total. The van der Waals surface area contributed by atoms with E-state index in [9.17, 15) is 0 Å². The first-order valence-electron chi connectivity index (χ1n) is 7.40. The summed E-state index contributed by atoms with van der Waals surface area (Å²) in [6, 6.07) is 6.58. The molecule has 0 amide bonds. The zero-order valence-electron chi connectivity index (χ0n) is 12.3. The number of aryl methyl sites for hydroxylation is 1. The molecule has 0 saturated carbocycles. The smallest absolute Gasteiger partial charge is 0.134 e. The molecule has 0 saturated heterocycles. The molecular formula is C17H25NO. The molecule has 0 aliphatic heterocycles. The van der Waals surface area contributed by atoms with Crippen molar-refractivity contribution in [3.8, 4) is 0 Å². The fraction of sp³-hybridized carbons (Fsp3) is 0.529. The van der Waals surface area contributed by atoms with Gasteiger partial charge in [-0.3, -0.25) is 0 Å². The van der Waals surface area contributed by atoms with Gasteiger partial charge in [0.2, 0.25) is 0 Å². The van der Waals surface area contributed by atoms with E-state index < -0.39 is 0 Å². The molecule has 1 aromatic heterocycles. The molecule has 2 aromatic rings. The van der Waals surface area contributed by atoms with Gasteiger partial charge in [0, 0.05) is 17.5 Å².